The second-order valence-corrected chi connectivity index (χ2v) is 8.79. The van der Waals surface area contributed by atoms with Crippen molar-refractivity contribution < 1.29 is 14.0 Å². The van der Waals surface area contributed by atoms with E-state index in [-0.39, 0.29) is 35.8 Å². The van der Waals surface area contributed by atoms with E-state index in [0.29, 0.717) is 43.5 Å². The zero-order chi connectivity index (χ0) is 21.1. The fourth-order valence-corrected chi connectivity index (χ4v) is 4.51. The lowest BCUT2D eigenvalue weighted by Gasteiger charge is -2.37. The van der Waals surface area contributed by atoms with Crippen LogP contribution in [0.4, 0.5) is 4.39 Å². The number of piperazine rings is 1. The number of hydrogen-bond donors (Lipinski definition) is 4. The van der Waals surface area contributed by atoms with E-state index in [9.17, 15) is 14.0 Å². The number of benzene rings is 1. The van der Waals surface area contributed by atoms with Gasteiger partial charge in [0.05, 0.1) is 6.04 Å². The molecule has 0 spiro atoms. The number of hydrogen-bond acceptors (Lipinski definition) is 4. The van der Waals surface area contributed by atoms with Crippen LogP contribution in [0, 0.1) is 5.82 Å². The number of nitrogens with one attached hydrogen (secondary N) is 4. The van der Waals surface area contributed by atoms with Crippen molar-refractivity contribution in [1.29, 1.82) is 0 Å². The largest absolute Gasteiger partial charge is 0.360 e. The minimum Gasteiger partial charge on any atom is -0.360 e. The summed E-state index contributed by atoms with van der Waals surface area (Å²) in [7, 11) is 0. The zero-order valence-corrected chi connectivity index (χ0v) is 17.6. The molecule has 0 radical (unpaired) electrons. The normalized spacial score (nSPS) is 25.9. The number of rotatable bonds is 7. The highest BCUT2D eigenvalue weighted by Crippen LogP contribution is 2.26. The van der Waals surface area contributed by atoms with Crippen LogP contribution in [-0.4, -0.2) is 59.1 Å². The van der Waals surface area contributed by atoms with Crippen molar-refractivity contribution >= 4 is 29.1 Å². The SMILES string of the molecule is O=C(CCC1CNC(=O)C2CC(NC(=S)NC3CC3)CN12)NCc1ccc(F)cc1. The quantitative estimate of drug-likeness (QED) is 0.476. The first-order valence-corrected chi connectivity index (χ1v) is 11.0. The molecule has 162 valence electrons. The van der Waals surface area contributed by atoms with Gasteiger partial charge in [-0.05, 0) is 55.6 Å². The lowest BCUT2D eigenvalue weighted by molar-refractivity contribution is -0.129. The fourth-order valence-electron chi connectivity index (χ4n) is 4.18. The first-order valence-electron chi connectivity index (χ1n) is 10.6. The van der Waals surface area contributed by atoms with E-state index >= 15 is 0 Å². The molecule has 1 aromatic rings. The summed E-state index contributed by atoms with van der Waals surface area (Å²) < 4.78 is 13.0. The van der Waals surface area contributed by atoms with Crippen molar-refractivity contribution in [3.63, 3.8) is 0 Å². The van der Waals surface area contributed by atoms with E-state index in [2.05, 4.69) is 26.2 Å². The Hall–Kier alpha value is -2.26. The van der Waals surface area contributed by atoms with Crippen LogP contribution < -0.4 is 21.3 Å². The van der Waals surface area contributed by atoms with Crippen LogP contribution in [0.25, 0.3) is 0 Å². The van der Waals surface area contributed by atoms with E-state index in [4.69, 9.17) is 12.2 Å². The monoisotopic (exact) mass is 433 g/mol. The topological polar surface area (TPSA) is 85.5 Å². The van der Waals surface area contributed by atoms with Gasteiger partial charge < -0.3 is 21.3 Å². The van der Waals surface area contributed by atoms with Crippen LogP contribution in [0.5, 0.6) is 0 Å². The van der Waals surface area contributed by atoms with Gasteiger partial charge in [0.25, 0.3) is 0 Å². The molecule has 2 aliphatic heterocycles. The molecule has 4 N–H and O–H groups in total. The van der Waals surface area contributed by atoms with Crippen LogP contribution in [0.1, 0.15) is 37.7 Å². The fraction of sp³-hybridized carbons (Fsp3) is 0.571. The molecule has 3 unspecified atom stereocenters. The summed E-state index contributed by atoms with van der Waals surface area (Å²) in [4.78, 5) is 26.8. The summed E-state index contributed by atoms with van der Waals surface area (Å²) in [5.41, 5.74) is 0.860. The lowest BCUT2D eigenvalue weighted by Crippen LogP contribution is -2.58. The number of halogens is 1. The van der Waals surface area contributed by atoms with E-state index in [1.165, 1.54) is 12.1 Å². The lowest BCUT2D eigenvalue weighted by atomic mass is 10.0. The molecule has 3 aliphatic rings. The molecular formula is C21H28FN5O2S. The summed E-state index contributed by atoms with van der Waals surface area (Å²) in [6, 6.07) is 6.68. The van der Waals surface area contributed by atoms with Crippen molar-refractivity contribution in [2.45, 2.75) is 62.8 Å². The highest BCUT2D eigenvalue weighted by molar-refractivity contribution is 7.80. The zero-order valence-electron chi connectivity index (χ0n) is 16.8. The summed E-state index contributed by atoms with van der Waals surface area (Å²) in [6.45, 7) is 1.68. The molecule has 4 rings (SSSR count). The molecule has 3 fully saturated rings. The molecular weight excluding hydrogens is 405 g/mol. The molecule has 1 aliphatic carbocycles. The van der Waals surface area contributed by atoms with Gasteiger partial charge in [-0.3, -0.25) is 14.5 Å². The second kappa shape index (κ2) is 9.26. The predicted molar refractivity (Wildman–Crippen MR) is 115 cm³/mol. The average Bonchev–Trinajstić information content (AvgIpc) is 3.43. The third-order valence-corrected chi connectivity index (χ3v) is 6.21. The van der Waals surface area contributed by atoms with Gasteiger partial charge in [-0.1, -0.05) is 12.1 Å². The van der Waals surface area contributed by atoms with Gasteiger partial charge in [0.2, 0.25) is 11.8 Å². The number of nitrogens with zero attached hydrogens (tertiary/aromatic N) is 1. The highest BCUT2D eigenvalue weighted by Gasteiger charge is 2.43. The van der Waals surface area contributed by atoms with Gasteiger partial charge in [0.15, 0.2) is 5.11 Å². The smallest absolute Gasteiger partial charge is 0.237 e. The number of thiocarbonyl (C=S) groups is 1. The maximum Gasteiger partial charge on any atom is 0.237 e. The first-order chi connectivity index (χ1) is 14.5. The van der Waals surface area contributed by atoms with Gasteiger partial charge in [-0.25, -0.2) is 4.39 Å². The number of carbonyl (C=O) groups excluding carboxylic acids is 2. The molecule has 1 aromatic carbocycles. The Morgan fingerprint density at radius 3 is 2.67 bits per heavy atom. The Bertz CT molecular complexity index is 801. The maximum atomic E-state index is 13.0. The van der Waals surface area contributed by atoms with Crippen molar-refractivity contribution in [2.75, 3.05) is 13.1 Å². The molecule has 1 saturated carbocycles. The first kappa shape index (κ1) is 21.0. The molecule has 9 heteroatoms. The molecule has 2 saturated heterocycles. The van der Waals surface area contributed by atoms with Gasteiger partial charge >= 0.3 is 0 Å². The van der Waals surface area contributed by atoms with E-state index < -0.39 is 0 Å². The van der Waals surface area contributed by atoms with Gasteiger partial charge in [0, 0.05) is 44.2 Å². The van der Waals surface area contributed by atoms with Crippen molar-refractivity contribution in [2.24, 2.45) is 0 Å². The Morgan fingerprint density at radius 2 is 1.93 bits per heavy atom. The molecule has 2 heterocycles. The molecule has 30 heavy (non-hydrogen) atoms. The summed E-state index contributed by atoms with van der Waals surface area (Å²) >= 11 is 5.38. The third kappa shape index (κ3) is 5.46. The van der Waals surface area contributed by atoms with E-state index in [1.54, 1.807) is 12.1 Å². The Labute approximate surface area is 181 Å². The van der Waals surface area contributed by atoms with E-state index in [0.717, 1.165) is 24.9 Å². The number of carbonyl (C=O) groups is 2. The maximum absolute atomic E-state index is 13.0. The van der Waals surface area contributed by atoms with Crippen molar-refractivity contribution in [3.05, 3.63) is 35.6 Å². The highest BCUT2D eigenvalue weighted by atomic mass is 32.1. The Balaban J connectivity index is 1.24. The minimum atomic E-state index is -0.290. The molecule has 3 atom stereocenters. The van der Waals surface area contributed by atoms with Crippen LogP contribution in [0.3, 0.4) is 0 Å². The molecule has 7 nitrogen and oxygen atoms in total. The van der Waals surface area contributed by atoms with Crippen LogP contribution in [0.2, 0.25) is 0 Å². The summed E-state index contributed by atoms with van der Waals surface area (Å²) in [5.74, 6) is -0.282. The predicted octanol–water partition coefficient (Wildman–Crippen LogP) is 0.790. The summed E-state index contributed by atoms with van der Waals surface area (Å²) in [5, 5.41) is 13.2. The van der Waals surface area contributed by atoms with Crippen LogP contribution >= 0.6 is 12.2 Å². The number of fused-ring (bicyclic) bond motifs is 1. The standard InChI is InChI=1S/C21H28FN5O2S/c22-14-3-1-13(2-4-14)10-23-19(28)8-7-17-11-24-20(29)18-9-16(12-27(17)18)26-21(30)25-15-5-6-15/h1-4,15-18H,5-12H2,(H,23,28)(H,24,29)(H2,25,26,30). The minimum absolute atomic E-state index is 0.0449. The third-order valence-electron chi connectivity index (χ3n) is 5.98. The Kier molecular flexibility index (Phi) is 6.48. The van der Waals surface area contributed by atoms with Crippen molar-refractivity contribution in [3.8, 4) is 0 Å². The Morgan fingerprint density at radius 1 is 1.20 bits per heavy atom. The van der Waals surface area contributed by atoms with Crippen LogP contribution in [0.15, 0.2) is 24.3 Å². The summed E-state index contributed by atoms with van der Waals surface area (Å²) in [6.07, 6.45) is 4.09. The molecule has 0 bridgehead atoms. The average molecular weight is 434 g/mol. The second-order valence-electron chi connectivity index (χ2n) is 8.38. The number of amides is 2. The molecule has 2 amide bonds. The molecule has 0 aromatic heterocycles. The van der Waals surface area contributed by atoms with Gasteiger partial charge in [-0.2, -0.15) is 0 Å². The van der Waals surface area contributed by atoms with Gasteiger partial charge in [-0.15, -0.1) is 0 Å². The van der Waals surface area contributed by atoms with E-state index in [1.807, 2.05) is 0 Å². The van der Waals surface area contributed by atoms with Gasteiger partial charge in [0.1, 0.15) is 5.82 Å². The van der Waals surface area contributed by atoms with Crippen LogP contribution in [-0.2, 0) is 16.1 Å². The van der Waals surface area contributed by atoms with Crippen molar-refractivity contribution in [1.82, 2.24) is 26.2 Å².